The van der Waals surface area contributed by atoms with Crippen LogP contribution < -0.4 is 10.2 Å². The lowest BCUT2D eigenvalue weighted by atomic mass is 9.82. The van der Waals surface area contributed by atoms with E-state index in [1.165, 1.54) is 11.2 Å². The Kier molecular flexibility index (Phi) is 7.71. The zero-order valence-electron chi connectivity index (χ0n) is 21.8. The van der Waals surface area contributed by atoms with Gasteiger partial charge in [0.2, 0.25) is 15.9 Å². The Morgan fingerprint density at radius 2 is 1.89 bits per heavy atom. The Morgan fingerprint density at radius 1 is 1.22 bits per heavy atom. The maximum absolute atomic E-state index is 13.0. The Labute approximate surface area is 214 Å². The molecule has 0 bridgehead atoms. The Hall–Kier alpha value is -2.52. The van der Waals surface area contributed by atoms with Crippen LogP contribution in [0.5, 0.6) is 0 Å². The van der Waals surface area contributed by atoms with E-state index in [1.54, 1.807) is 18.0 Å². The molecular weight excluding hydrogens is 476 g/mol. The van der Waals surface area contributed by atoms with Crippen molar-refractivity contribution in [1.82, 2.24) is 9.62 Å². The first kappa shape index (κ1) is 26.5. The summed E-state index contributed by atoms with van der Waals surface area (Å²) in [5.74, 6) is 1.65. The molecule has 9 heteroatoms. The van der Waals surface area contributed by atoms with Crippen LogP contribution in [0.4, 0.5) is 5.69 Å². The number of nitrogens with one attached hydrogen (secondary N) is 1. The number of sulfonamides is 1. The number of aryl methyl sites for hydroxylation is 1. The molecular formula is C27H38N4O4S. The fourth-order valence-electron chi connectivity index (χ4n) is 5.38. The second-order valence-corrected chi connectivity index (χ2v) is 12.7. The van der Waals surface area contributed by atoms with Gasteiger partial charge in [0.15, 0.2) is 0 Å². The molecule has 2 heterocycles. The number of amides is 2. The number of nitrogens with zero attached hydrogens (tertiary/aromatic N) is 3. The van der Waals surface area contributed by atoms with E-state index >= 15 is 0 Å². The lowest BCUT2D eigenvalue weighted by molar-refractivity contribution is -0.125. The summed E-state index contributed by atoms with van der Waals surface area (Å²) < 4.78 is 27.5. The van der Waals surface area contributed by atoms with Crippen molar-refractivity contribution in [3.05, 3.63) is 35.4 Å². The number of aliphatic imine (C=N–C) groups is 1. The zero-order chi connectivity index (χ0) is 26.1. The summed E-state index contributed by atoms with van der Waals surface area (Å²) in [5, 5.41) is 3.04. The van der Waals surface area contributed by atoms with Gasteiger partial charge in [0.25, 0.3) is 5.91 Å². The first-order valence-electron chi connectivity index (χ1n) is 12.9. The van der Waals surface area contributed by atoms with Crippen LogP contribution in [0.3, 0.4) is 0 Å². The van der Waals surface area contributed by atoms with Crippen LogP contribution in [0.25, 0.3) is 6.08 Å². The van der Waals surface area contributed by atoms with Crippen molar-refractivity contribution in [2.75, 3.05) is 30.8 Å². The highest BCUT2D eigenvalue weighted by atomic mass is 32.2. The van der Waals surface area contributed by atoms with Crippen molar-refractivity contribution in [3.63, 3.8) is 0 Å². The molecule has 2 aliphatic heterocycles. The minimum absolute atomic E-state index is 0.0484. The smallest absolute Gasteiger partial charge is 0.253 e. The average Bonchev–Trinajstić information content (AvgIpc) is 3.15. The van der Waals surface area contributed by atoms with E-state index in [0.717, 1.165) is 54.3 Å². The SMILES string of the molecule is CC(=O)N(C)c1ccc(C=CCS(=O)(=O)N2CCC3(CC2)N=C(C2CCC(C)CC2)NC3=O)c(C)c1. The molecule has 1 spiro atoms. The van der Waals surface area contributed by atoms with Crippen molar-refractivity contribution in [2.45, 2.75) is 64.8 Å². The van der Waals surface area contributed by atoms with Gasteiger partial charge in [-0.05, 0) is 61.8 Å². The van der Waals surface area contributed by atoms with Gasteiger partial charge in [-0.15, -0.1) is 0 Å². The third-order valence-electron chi connectivity index (χ3n) is 8.06. The molecule has 0 atom stereocenters. The number of carbonyl (C=O) groups excluding carboxylic acids is 2. The first-order valence-corrected chi connectivity index (χ1v) is 14.5. The lowest BCUT2D eigenvalue weighted by Gasteiger charge is -2.34. The number of rotatable bonds is 6. The summed E-state index contributed by atoms with van der Waals surface area (Å²) in [4.78, 5) is 30.9. The predicted octanol–water partition coefficient (Wildman–Crippen LogP) is 3.51. The Bertz CT molecular complexity index is 1170. The molecule has 8 nitrogen and oxygen atoms in total. The molecule has 36 heavy (non-hydrogen) atoms. The van der Waals surface area contributed by atoms with Gasteiger partial charge in [-0.25, -0.2) is 12.7 Å². The van der Waals surface area contributed by atoms with Gasteiger partial charge in [0.05, 0.1) is 5.75 Å². The van der Waals surface area contributed by atoms with Gasteiger partial charge in [-0.3, -0.25) is 14.6 Å². The van der Waals surface area contributed by atoms with Gasteiger partial charge in [-0.1, -0.05) is 38.0 Å². The molecule has 2 amide bonds. The van der Waals surface area contributed by atoms with E-state index in [1.807, 2.05) is 31.2 Å². The molecule has 1 saturated heterocycles. The number of carbonyl (C=O) groups is 2. The molecule has 4 rings (SSSR count). The van der Waals surface area contributed by atoms with E-state index in [-0.39, 0.29) is 17.6 Å². The second kappa shape index (κ2) is 10.5. The van der Waals surface area contributed by atoms with Crippen molar-refractivity contribution < 1.29 is 18.0 Å². The summed E-state index contributed by atoms with van der Waals surface area (Å²) in [5.41, 5.74) is 1.85. The monoisotopic (exact) mass is 514 g/mol. The van der Waals surface area contributed by atoms with Crippen LogP contribution >= 0.6 is 0 Å². The van der Waals surface area contributed by atoms with Crippen molar-refractivity contribution in [2.24, 2.45) is 16.8 Å². The number of hydrogen-bond acceptors (Lipinski definition) is 5. The predicted molar refractivity (Wildman–Crippen MR) is 143 cm³/mol. The van der Waals surface area contributed by atoms with Crippen molar-refractivity contribution >= 4 is 39.4 Å². The van der Waals surface area contributed by atoms with Gasteiger partial charge in [0.1, 0.15) is 11.4 Å². The standard InChI is InChI=1S/C27H38N4O4S/c1-19-7-9-23(10-8-19)25-28-26(33)27(29-25)13-15-31(16-14-27)36(34,35)17-5-6-22-11-12-24(18-20(22)2)30(4)21(3)32/h5-6,11-12,18-19,23H,7-10,13-17H2,1-4H3,(H,28,29,33). The molecule has 1 aromatic carbocycles. The maximum Gasteiger partial charge on any atom is 0.253 e. The fourth-order valence-corrected chi connectivity index (χ4v) is 6.67. The van der Waals surface area contributed by atoms with Gasteiger partial charge < -0.3 is 10.2 Å². The zero-order valence-corrected chi connectivity index (χ0v) is 22.6. The minimum Gasteiger partial charge on any atom is -0.316 e. The average molecular weight is 515 g/mol. The van der Waals surface area contributed by atoms with Crippen LogP contribution in [-0.4, -0.2) is 61.8 Å². The number of anilines is 1. The third-order valence-corrected chi connectivity index (χ3v) is 9.83. The number of piperidine rings is 1. The Morgan fingerprint density at radius 3 is 2.50 bits per heavy atom. The molecule has 1 N–H and O–H groups in total. The van der Waals surface area contributed by atoms with Crippen molar-refractivity contribution in [1.29, 1.82) is 0 Å². The van der Waals surface area contributed by atoms with E-state index in [9.17, 15) is 18.0 Å². The number of hydrogen-bond donors (Lipinski definition) is 1. The number of amidine groups is 1. The topological polar surface area (TPSA) is 99.2 Å². The van der Waals surface area contributed by atoms with Crippen LogP contribution in [0.15, 0.2) is 29.3 Å². The van der Waals surface area contributed by atoms with Gasteiger partial charge in [-0.2, -0.15) is 0 Å². The molecule has 3 aliphatic rings. The summed E-state index contributed by atoms with van der Waals surface area (Å²) in [6, 6.07) is 5.65. The van der Waals surface area contributed by atoms with Crippen LogP contribution in [0.2, 0.25) is 0 Å². The van der Waals surface area contributed by atoms with Crippen molar-refractivity contribution in [3.8, 4) is 0 Å². The van der Waals surface area contributed by atoms with Crippen LogP contribution in [-0.2, 0) is 19.6 Å². The van der Waals surface area contributed by atoms with Crippen LogP contribution in [0, 0.1) is 18.8 Å². The third kappa shape index (κ3) is 5.57. The summed E-state index contributed by atoms with van der Waals surface area (Å²) in [7, 11) is -1.77. The van der Waals surface area contributed by atoms with Gasteiger partial charge in [0, 0.05) is 38.7 Å². The molecule has 0 radical (unpaired) electrons. The molecule has 0 unspecified atom stereocenters. The van der Waals surface area contributed by atoms with Gasteiger partial charge >= 0.3 is 0 Å². The number of benzene rings is 1. The minimum atomic E-state index is -3.49. The van der Waals surface area contributed by atoms with E-state index in [2.05, 4.69) is 12.2 Å². The molecule has 1 aliphatic carbocycles. The van der Waals surface area contributed by atoms with Crippen LogP contribution in [0.1, 0.15) is 63.5 Å². The lowest BCUT2D eigenvalue weighted by Crippen LogP contribution is -2.50. The molecule has 196 valence electrons. The summed E-state index contributed by atoms with van der Waals surface area (Å²) in [6.45, 7) is 6.31. The molecule has 1 aromatic rings. The summed E-state index contributed by atoms with van der Waals surface area (Å²) >= 11 is 0. The summed E-state index contributed by atoms with van der Waals surface area (Å²) in [6.07, 6.45) is 8.73. The van der Waals surface area contributed by atoms with E-state index < -0.39 is 15.6 Å². The van der Waals surface area contributed by atoms with E-state index in [0.29, 0.717) is 31.8 Å². The molecule has 2 fully saturated rings. The Balaban J connectivity index is 1.35. The highest BCUT2D eigenvalue weighted by Gasteiger charge is 2.48. The van der Waals surface area contributed by atoms with E-state index in [4.69, 9.17) is 4.99 Å². The molecule has 1 saturated carbocycles. The first-order chi connectivity index (χ1) is 17.0. The quantitative estimate of drug-likeness (QED) is 0.628. The highest BCUT2D eigenvalue weighted by Crippen LogP contribution is 2.36. The fraction of sp³-hybridized carbons (Fsp3) is 0.593. The normalized spacial score (nSPS) is 24.7. The molecule has 0 aromatic heterocycles. The largest absolute Gasteiger partial charge is 0.316 e. The second-order valence-electron chi connectivity index (χ2n) is 10.6. The highest BCUT2D eigenvalue weighted by molar-refractivity contribution is 7.89. The maximum atomic E-state index is 13.0.